The van der Waals surface area contributed by atoms with E-state index in [4.69, 9.17) is 5.11 Å². The number of nitrogens with zero attached hydrogens (tertiary/aromatic N) is 1. The lowest BCUT2D eigenvalue weighted by Gasteiger charge is -2.07. The SMILES string of the molecule is O=C(O)c1ccc(NS(=O)(=O)c2cnc(-c3ccc(F)cc3)s2)c(F)c1. The summed E-state index contributed by atoms with van der Waals surface area (Å²) in [4.78, 5) is 14.8. The Labute approximate surface area is 150 Å². The van der Waals surface area contributed by atoms with Crippen LogP contribution in [0.1, 0.15) is 10.4 Å². The number of thiazole rings is 1. The highest BCUT2D eigenvalue weighted by Gasteiger charge is 2.21. The van der Waals surface area contributed by atoms with E-state index < -0.39 is 27.6 Å². The van der Waals surface area contributed by atoms with E-state index in [1.54, 1.807) is 0 Å². The van der Waals surface area contributed by atoms with Gasteiger partial charge in [0, 0.05) is 5.56 Å². The summed E-state index contributed by atoms with van der Waals surface area (Å²) < 4.78 is 53.6. The minimum Gasteiger partial charge on any atom is -0.478 e. The Morgan fingerprint density at radius 3 is 2.42 bits per heavy atom. The number of aromatic nitrogens is 1. The van der Waals surface area contributed by atoms with Crippen LogP contribution in [-0.4, -0.2) is 24.5 Å². The van der Waals surface area contributed by atoms with Crippen molar-refractivity contribution in [3.8, 4) is 10.6 Å². The Morgan fingerprint density at radius 1 is 1.12 bits per heavy atom. The number of carboxylic acid groups (broad SMARTS) is 1. The van der Waals surface area contributed by atoms with Crippen LogP contribution in [0.5, 0.6) is 0 Å². The van der Waals surface area contributed by atoms with Gasteiger partial charge >= 0.3 is 5.97 Å². The van der Waals surface area contributed by atoms with Crippen molar-refractivity contribution >= 4 is 33.0 Å². The van der Waals surface area contributed by atoms with Gasteiger partial charge in [0.2, 0.25) is 0 Å². The van der Waals surface area contributed by atoms with Gasteiger partial charge in [-0.1, -0.05) is 0 Å². The van der Waals surface area contributed by atoms with Gasteiger partial charge in [0.05, 0.1) is 17.4 Å². The maximum atomic E-state index is 13.9. The van der Waals surface area contributed by atoms with Gasteiger partial charge in [-0.3, -0.25) is 4.72 Å². The third-order valence-corrected chi connectivity index (χ3v) is 6.17. The molecule has 1 aromatic heterocycles. The molecule has 0 bridgehead atoms. The molecule has 0 aliphatic rings. The van der Waals surface area contributed by atoms with Crippen LogP contribution in [0.3, 0.4) is 0 Å². The van der Waals surface area contributed by atoms with Crippen molar-refractivity contribution in [3.63, 3.8) is 0 Å². The maximum Gasteiger partial charge on any atom is 0.335 e. The van der Waals surface area contributed by atoms with E-state index in [-0.39, 0.29) is 15.5 Å². The summed E-state index contributed by atoms with van der Waals surface area (Å²) >= 11 is 0.831. The fourth-order valence-corrected chi connectivity index (χ4v) is 4.24. The molecule has 3 rings (SSSR count). The van der Waals surface area contributed by atoms with Crippen LogP contribution in [0.25, 0.3) is 10.6 Å². The zero-order valence-corrected chi connectivity index (χ0v) is 14.4. The molecule has 3 aromatic rings. The number of aromatic carboxylic acids is 1. The molecule has 0 spiro atoms. The first-order chi connectivity index (χ1) is 12.3. The van der Waals surface area contributed by atoms with Gasteiger partial charge in [-0.2, -0.15) is 0 Å². The highest BCUT2D eigenvalue weighted by Crippen LogP contribution is 2.29. The molecule has 0 saturated heterocycles. The van der Waals surface area contributed by atoms with E-state index in [0.717, 1.165) is 35.7 Å². The highest BCUT2D eigenvalue weighted by atomic mass is 32.2. The van der Waals surface area contributed by atoms with Crippen molar-refractivity contribution in [2.24, 2.45) is 0 Å². The summed E-state index contributed by atoms with van der Waals surface area (Å²) in [7, 11) is -4.12. The van der Waals surface area contributed by atoms with E-state index in [1.807, 2.05) is 0 Å². The van der Waals surface area contributed by atoms with Gasteiger partial charge in [-0.15, -0.1) is 11.3 Å². The molecule has 0 aliphatic carbocycles. The minimum absolute atomic E-state index is 0.168. The van der Waals surface area contributed by atoms with Crippen molar-refractivity contribution in [2.45, 2.75) is 4.21 Å². The summed E-state index contributed by atoms with van der Waals surface area (Å²) in [6, 6.07) is 8.20. The van der Waals surface area contributed by atoms with Gasteiger partial charge in [0.25, 0.3) is 10.0 Å². The maximum absolute atomic E-state index is 13.9. The quantitative estimate of drug-likeness (QED) is 0.687. The number of nitrogens with one attached hydrogen (secondary N) is 1. The first kappa shape index (κ1) is 18.0. The number of anilines is 1. The van der Waals surface area contributed by atoms with Gasteiger partial charge in [0.1, 0.15) is 16.6 Å². The second kappa shape index (κ2) is 6.81. The lowest BCUT2D eigenvalue weighted by Crippen LogP contribution is -2.13. The predicted octanol–water partition coefficient (Wildman–Crippen LogP) is 3.59. The summed E-state index contributed by atoms with van der Waals surface area (Å²) in [6.07, 6.45) is 1.11. The average molecular weight is 396 g/mol. The molecule has 0 amide bonds. The molecule has 10 heteroatoms. The van der Waals surface area contributed by atoms with Crippen molar-refractivity contribution < 1.29 is 27.1 Å². The molecular formula is C16H10F2N2O4S2. The molecule has 0 aliphatic heterocycles. The number of carboxylic acids is 1. The van der Waals surface area contributed by atoms with E-state index in [1.165, 1.54) is 24.3 Å². The molecule has 2 N–H and O–H groups in total. The number of carbonyl (C=O) groups is 1. The summed E-state index contributed by atoms with van der Waals surface area (Å²) in [5.74, 6) is -2.78. The molecule has 0 saturated carbocycles. The summed E-state index contributed by atoms with van der Waals surface area (Å²) in [5, 5.41) is 9.16. The van der Waals surface area contributed by atoms with Crippen LogP contribution in [0.2, 0.25) is 0 Å². The highest BCUT2D eigenvalue weighted by molar-refractivity contribution is 7.94. The molecule has 0 fully saturated rings. The Morgan fingerprint density at radius 2 is 1.81 bits per heavy atom. The third-order valence-electron chi connectivity index (χ3n) is 3.30. The molecular weight excluding hydrogens is 386 g/mol. The van der Waals surface area contributed by atoms with Gasteiger partial charge in [-0.05, 0) is 42.5 Å². The zero-order chi connectivity index (χ0) is 18.9. The molecule has 134 valence electrons. The fraction of sp³-hybridized carbons (Fsp3) is 0. The molecule has 2 aromatic carbocycles. The largest absolute Gasteiger partial charge is 0.478 e. The predicted molar refractivity (Wildman–Crippen MR) is 91.7 cm³/mol. The van der Waals surface area contributed by atoms with E-state index >= 15 is 0 Å². The van der Waals surface area contributed by atoms with Crippen LogP contribution in [0.15, 0.2) is 52.9 Å². The van der Waals surface area contributed by atoms with Crippen LogP contribution in [0, 0.1) is 11.6 Å². The van der Waals surface area contributed by atoms with Crippen LogP contribution in [-0.2, 0) is 10.0 Å². The first-order valence-corrected chi connectivity index (χ1v) is 9.34. The van der Waals surface area contributed by atoms with Crippen molar-refractivity contribution in [3.05, 3.63) is 65.9 Å². The van der Waals surface area contributed by atoms with E-state index in [0.29, 0.717) is 10.6 Å². The van der Waals surface area contributed by atoms with Crippen LogP contribution >= 0.6 is 11.3 Å². The Bertz CT molecular complexity index is 1080. The standard InChI is InChI=1S/C16H10F2N2O4S2/c17-11-4-1-9(2-5-11)15-19-8-14(25-15)26(23,24)20-13-6-3-10(16(21)22)7-12(13)18/h1-8,20H,(H,21,22). The lowest BCUT2D eigenvalue weighted by molar-refractivity contribution is 0.0696. The molecule has 1 heterocycles. The number of hydrogen-bond acceptors (Lipinski definition) is 5. The monoisotopic (exact) mass is 396 g/mol. The average Bonchev–Trinajstić information content (AvgIpc) is 3.08. The first-order valence-electron chi connectivity index (χ1n) is 7.04. The number of sulfonamides is 1. The number of benzene rings is 2. The topological polar surface area (TPSA) is 96.4 Å². The van der Waals surface area contributed by atoms with Crippen molar-refractivity contribution in [1.29, 1.82) is 0 Å². The summed E-state index contributed by atoms with van der Waals surface area (Å²) in [5.41, 5.74) is -0.150. The van der Waals surface area contributed by atoms with Gasteiger partial charge < -0.3 is 5.11 Å². The number of hydrogen-bond donors (Lipinski definition) is 2. The molecule has 0 radical (unpaired) electrons. The molecule has 0 atom stereocenters. The Hall–Kier alpha value is -2.85. The third kappa shape index (κ3) is 3.70. The number of halogens is 2. The fourth-order valence-electron chi connectivity index (χ4n) is 2.04. The smallest absolute Gasteiger partial charge is 0.335 e. The Kier molecular flexibility index (Phi) is 4.70. The van der Waals surface area contributed by atoms with Crippen molar-refractivity contribution in [1.82, 2.24) is 4.98 Å². The van der Waals surface area contributed by atoms with Crippen molar-refractivity contribution in [2.75, 3.05) is 4.72 Å². The molecule has 6 nitrogen and oxygen atoms in total. The normalized spacial score (nSPS) is 11.3. The van der Waals surface area contributed by atoms with Crippen LogP contribution in [0.4, 0.5) is 14.5 Å². The van der Waals surface area contributed by atoms with Gasteiger partial charge in [-0.25, -0.2) is 27.0 Å². The summed E-state index contributed by atoms with van der Waals surface area (Å²) in [6.45, 7) is 0. The van der Waals surface area contributed by atoms with E-state index in [9.17, 15) is 22.0 Å². The second-order valence-corrected chi connectivity index (χ2v) is 8.04. The second-order valence-electron chi connectivity index (χ2n) is 5.10. The molecule has 0 unspecified atom stereocenters. The molecule has 26 heavy (non-hydrogen) atoms. The lowest BCUT2D eigenvalue weighted by atomic mass is 10.2. The van der Waals surface area contributed by atoms with E-state index in [2.05, 4.69) is 9.71 Å². The Balaban J connectivity index is 1.87. The minimum atomic E-state index is -4.12. The van der Waals surface area contributed by atoms with Gasteiger partial charge in [0.15, 0.2) is 4.21 Å². The number of rotatable bonds is 5. The zero-order valence-electron chi connectivity index (χ0n) is 12.8. The van der Waals surface area contributed by atoms with Crippen LogP contribution < -0.4 is 4.72 Å².